The van der Waals surface area contributed by atoms with Crippen LogP contribution in [0.5, 0.6) is 0 Å². The van der Waals surface area contributed by atoms with Gasteiger partial charge in [-0.25, -0.2) is 9.37 Å². The van der Waals surface area contributed by atoms with Crippen LogP contribution in [0.25, 0.3) is 0 Å². The molecular formula is C19H23ClFN5O2. The van der Waals surface area contributed by atoms with Crippen LogP contribution in [0, 0.1) is 11.7 Å². The maximum atomic E-state index is 13.2. The summed E-state index contributed by atoms with van der Waals surface area (Å²) in [6.45, 7) is 2.30. The van der Waals surface area contributed by atoms with Crippen LogP contribution in [-0.4, -0.2) is 52.4 Å². The summed E-state index contributed by atoms with van der Waals surface area (Å²) in [6, 6.07) is 5.60. The van der Waals surface area contributed by atoms with Gasteiger partial charge in [0.15, 0.2) is 0 Å². The summed E-state index contributed by atoms with van der Waals surface area (Å²) in [5.41, 5.74) is 0.623. The first kappa shape index (κ1) is 20.3. The number of halogens is 2. The largest absolute Gasteiger partial charge is 0.336 e. The van der Waals surface area contributed by atoms with Crippen LogP contribution in [0.3, 0.4) is 0 Å². The Morgan fingerprint density at radius 3 is 2.68 bits per heavy atom. The van der Waals surface area contributed by atoms with Gasteiger partial charge in [-0.15, -0.1) is 12.4 Å². The molecule has 2 atom stereocenters. The lowest BCUT2D eigenvalue weighted by molar-refractivity contribution is -0.142. The van der Waals surface area contributed by atoms with Gasteiger partial charge in [0, 0.05) is 51.3 Å². The van der Waals surface area contributed by atoms with Gasteiger partial charge in [0.25, 0.3) is 0 Å². The highest BCUT2D eigenvalue weighted by atomic mass is 35.5. The molecule has 28 heavy (non-hydrogen) atoms. The Labute approximate surface area is 168 Å². The SMILES string of the molecule is Cl.Cn1ccnc1C1CNCCN1C(=O)C1CCN(c2ccc(F)cc2)C1=O. The van der Waals surface area contributed by atoms with Crippen LogP contribution in [0.4, 0.5) is 10.1 Å². The molecule has 2 aliphatic rings. The van der Waals surface area contributed by atoms with E-state index in [0.717, 1.165) is 5.82 Å². The van der Waals surface area contributed by atoms with Gasteiger partial charge in [0.2, 0.25) is 11.8 Å². The van der Waals surface area contributed by atoms with Crippen molar-refractivity contribution in [3.63, 3.8) is 0 Å². The molecule has 2 aliphatic heterocycles. The number of aryl methyl sites for hydroxylation is 1. The summed E-state index contributed by atoms with van der Waals surface area (Å²) in [6.07, 6.45) is 4.03. The molecule has 4 rings (SSSR count). The number of carbonyl (C=O) groups is 2. The van der Waals surface area contributed by atoms with Gasteiger partial charge in [-0.05, 0) is 30.7 Å². The number of imidazole rings is 1. The number of aromatic nitrogens is 2. The minimum Gasteiger partial charge on any atom is -0.336 e. The number of nitrogens with zero attached hydrogens (tertiary/aromatic N) is 4. The third-order valence-corrected chi connectivity index (χ3v) is 5.32. The van der Waals surface area contributed by atoms with Gasteiger partial charge >= 0.3 is 0 Å². The van der Waals surface area contributed by atoms with Crippen molar-refractivity contribution in [2.45, 2.75) is 12.5 Å². The average molecular weight is 408 g/mol. The molecule has 1 N–H and O–H groups in total. The number of hydrogen-bond donors (Lipinski definition) is 1. The molecule has 7 nitrogen and oxygen atoms in total. The molecule has 2 aromatic rings. The Kier molecular flexibility index (Phi) is 6.00. The minimum absolute atomic E-state index is 0. The topological polar surface area (TPSA) is 70.5 Å². The summed E-state index contributed by atoms with van der Waals surface area (Å²) in [7, 11) is 1.90. The van der Waals surface area contributed by atoms with Crippen LogP contribution < -0.4 is 10.2 Å². The smallest absolute Gasteiger partial charge is 0.239 e. The Morgan fingerprint density at radius 1 is 1.25 bits per heavy atom. The monoisotopic (exact) mass is 407 g/mol. The molecule has 0 aliphatic carbocycles. The Balaban J connectivity index is 0.00000225. The second-order valence-electron chi connectivity index (χ2n) is 6.96. The average Bonchev–Trinajstić information content (AvgIpc) is 3.27. The lowest BCUT2D eigenvalue weighted by Crippen LogP contribution is -2.52. The molecule has 3 heterocycles. The molecule has 0 saturated carbocycles. The summed E-state index contributed by atoms with van der Waals surface area (Å²) in [5, 5.41) is 3.30. The normalized spacial score (nSPS) is 22.3. The Hall–Kier alpha value is -2.45. The zero-order chi connectivity index (χ0) is 19.0. The summed E-state index contributed by atoms with van der Waals surface area (Å²) >= 11 is 0. The summed E-state index contributed by atoms with van der Waals surface area (Å²) in [5.74, 6) is -0.619. The molecule has 0 bridgehead atoms. The predicted molar refractivity (Wildman–Crippen MR) is 105 cm³/mol. The van der Waals surface area contributed by atoms with E-state index in [2.05, 4.69) is 10.3 Å². The van der Waals surface area contributed by atoms with Gasteiger partial charge in [0.05, 0.1) is 0 Å². The molecular weight excluding hydrogens is 385 g/mol. The lowest BCUT2D eigenvalue weighted by atomic mass is 10.0. The number of carbonyl (C=O) groups excluding carboxylic acids is 2. The second kappa shape index (κ2) is 8.28. The second-order valence-corrected chi connectivity index (χ2v) is 6.96. The van der Waals surface area contributed by atoms with Gasteiger partial charge in [-0.1, -0.05) is 0 Å². The fourth-order valence-electron chi connectivity index (χ4n) is 3.88. The molecule has 150 valence electrons. The van der Waals surface area contributed by atoms with Crippen LogP contribution in [0.15, 0.2) is 36.7 Å². The first-order valence-electron chi connectivity index (χ1n) is 9.11. The Morgan fingerprint density at radius 2 is 2.00 bits per heavy atom. The highest BCUT2D eigenvalue weighted by Crippen LogP contribution is 2.30. The van der Waals surface area contributed by atoms with E-state index in [4.69, 9.17) is 0 Å². The highest BCUT2D eigenvalue weighted by molar-refractivity contribution is 6.09. The molecule has 2 unspecified atom stereocenters. The van der Waals surface area contributed by atoms with Crippen molar-refractivity contribution in [2.24, 2.45) is 13.0 Å². The van der Waals surface area contributed by atoms with E-state index in [1.807, 2.05) is 17.8 Å². The lowest BCUT2D eigenvalue weighted by Gasteiger charge is -2.37. The van der Waals surface area contributed by atoms with Crippen molar-refractivity contribution in [3.8, 4) is 0 Å². The fraction of sp³-hybridized carbons (Fsp3) is 0.421. The van der Waals surface area contributed by atoms with E-state index < -0.39 is 5.92 Å². The maximum absolute atomic E-state index is 13.2. The number of piperazine rings is 1. The maximum Gasteiger partial charge on any atom is 0.239 e. The zero-order valence-electron chi connectivity index (χ0n) is 15.5. The predicted octanol–water partition coefficient (Wildman–Crippen LogP) is 1.51. The van der Waals surface area contributed by atoms with E-state index in [1.165, 1.54) is 12.1 Å². The molecule has 0 radical (unpaired) electrons. The van der Waals surface area contributed by atoms with E-state index in [0.29, 0.717) is 38.3 Å². The van der Waals surface area contributed by atoms with Crippen LogP contribution in [0.1, 0.15) is 18.3 Å². The van der Waals surface area contributed by atoms with Crippen molar-refractivity contribution in [3.05, 3.63) is 48.3 Å². The highest BCUT2D eigenvalue weighted by Gasteiger charge is 2.42. The van der Waals surface area contributed by atoms with Crippen molar-refractivity contribution in [1.82, 2.24) is 19.8 Å². The third-order valence-electron chi connectivity index (χ3n) is 5.32. The molecule has 9 heteroatoms. The van der Waals surface area contributed by atoms with Crippen LogP contribution in [0.2, 0.25) is 0 Å². The van der Waals surface area contributed by atoms with Crippen molar-refractivity contribution in [1.29, 1.82) is 0 Å². The fourth-order valence-corrected chi connectivity index (χ4v) is 3.88. The number of hydrogen-bond acceptors (Lipinski definition) is 4. The summed E-state index contributed by atoms with van der Waals surface area (Å²) < 4.78 is 15.1. The van der Waals surface area contributed by atoms with Crippen molar-refractivity contribution >= 4 is 29.9 Å². The molecule has 0 spiro atoms. The van der Waals surface area contributed by atoms with Crippen LogP contribution in [-0.2, 0) is 16.6 Å². The van der Waals surface area contributed by atoms with Crippen molar-refractivity contribution < 1.29 is 14.0 Å². The molecule has 2 fully saturated rings. The quantitative estimate of drug-likeness (QED) is 0.783. The van der Waals surface area contributed by atoms with Gasteiger partial charge in [-0.3, -0.25) is 9.59 Å². The first-order valence-corrected chi connectivity index (χ1v) is 9.11. The summed E-state index contributed by atoms with van der Waals surface area (Å²) in [4.78, 5) is 33.8. The minimum atomic E-state index is -0.698. The van der Waals surface area contributed by atoms with Gasteiger partial charge in [-0.2, -0.15) is 0 Å². The number of anilines is 1. The van der Waals surface area contributed by atoms with Gasteiger partial charge < -0.3 is 19.7 Å². The standard InChI is InChI=1S/C19H22FN5O2.ClH/c1-23-10-8-22-17(23)16-12-21-7-11-25(16)19(27)15-6-9-24(18(15)26)14-4-2-13(20)3-5-14;/h2-5,8,10,15-16,21H,6-7,9,11-12H2,1H3;1H. The van der Waals surface area contributed by atoms with E-state index in [9.17, 15) is 14.0 Å². The third kappa shape index (κ3) is 3.62. The molecule has 2 saturated heterocycles. The number of nitrogens with one attached hydrogen (secondary N) is 1. The zero-order valence-corrected chi connectivity index (χ0v) is 16.4. The molecule has 1 aromatic carbocycles. The molecule has 1 aromatic heterocycles. The van der Waals surface area contributed by atoms with E-state index >= 15 is 0 Å². The molecule has 2 amide bonds. The van der Waals surface area contributed by atoms with E-state index in [-0.39, 0.29) is 36.1 Å². The van der Waals surface area contributed by atoms with Crippen LogP contribution >= 0.6 is 12.4 Å². The van der Waals surface area contributed by atoms with Crippen molar-refractivity contribution in [2.75, 3.05) is 31.1 Å². The number of benzene rings is 1. The number of amides is 2. The Bertz CT molecular complexity index is 856. The first-order chi connectivity index (χ1) is 13.1. The number of rotatable bonds is 3. The van der Waals surface area contributed by atoms with E-state index in [1.54, 1.807) is 28.1 Å². The van der Waals surface area contributed by atoms with Gasteiger partial charge in [0.1, 0.15) is 23.6 Å².